The Morgan fingerprint density at radius 3 is 2.40 bits per heavy atom. The first-order chi connectivity index (χ1) is 9.54. The molecule has 1 N–H and O–H groups in total. The monoisotopic (exact) mass is 358 g/mol. The van der Waals surface area contributed by atoms with Crippen molar-refractivity contribution in [1.29, 1.82) is 0 Å². The first kappa shape index (κ1) is 15.5. The maximum atomic E-state index is 13.1. The van der Waals surface area contributed by atoms with E-state index in [1.165, 1.54) is 36.0 Å². The number of benzene rings is 2. The van der Waals surface area contributed by atoms with E-state index in [0.29, 0.717) is 12.2 Å². The van der Waals surface area contributed by atoms with Crippen molar-refractivity contribution in [3.05, 3.63) is 64.1 Å². The van der Waals surface area contributed by atoms with Gasteiger partial charge in [0.15, 0.2) is 0 Å². The molecule has 5 heteroatoms. The van der Waals surface area contributed by atoms with Crippen LogP contribution in [0.1, 0.15) is 5.56 Å². The number of rotatable bonds is 5. The van der Waals surface area contributed by atoms with Crippen LogP contribution in [0, 0.1) is 11.6 Å². The number of aliphatic hydroxyl groups is 1. The molecule has 106 valence electrons. The third kappa shape index (κ3) is 4.58. The van der Waals surface area contributed by atoms with Crippen LogP contribution < -0.4 is 0 Å². The molecule has 2 aromatic carbocycles. The third-order valence-corrected chi connectivity index (χ3v) is 4.65. The molecule has 1 nitrogen and oxygen atoms in total. The molecule has 0 spiro atoms. The summed E-state index contributed by atoms with van der Waals surface area (Å²) in [6, 6.07) is 10.5. The second-order valence-electron chi connectivity index (χ2n) is 4.36. The van der Waals surface area contributed by atoms with Gasteiger partial charge in [0.25, 0.3) is 0 Å². The molecule has 0 fully saturated rings. The molecule has 20 heavy (non-hydrogen) atoms. The zero-order valence-electron chi connectivity index (χ0n) is 10.5. The van der Waals surface area contributed by atoms with Crippen molar-refractivity contribution in [1.82, 2.24) is 0 Å². The van der Waals surface area contributed by atoms with Gasteiger partial charge in [-0.2, -0.15) is 0 Å². The zero-order chi connectivity index (χ0) is 14.5. The molecule has 0 amide bonds. The van der Waals surface area contributed by atoms with E-state index in [1.54, 1.807) is 18.2 Å². The number of aliphatic hydroxyl groups excluding tert-OH is 1. The Balaban J connectivity index is 1.90. The van der Waals surface area contributed by atoms with Gasteiger partial charge in [0, 0.05) is 21.5 Å². The van der Waals surface area contributed by atoms with Gasteiger partial charge >= 0.3 is 0 Å². The van der Waals surface area contributed by atoms with Crippen LogP contribution in [-0.4, -0.2) is 17.0 Å². The van der Waals surface area contributed by atoms with Gasteiger partial charge in [-0.15, -0.1) is 11.8 Å². The van der Waals surface area contributed by atoms with E-state index >= 15 is 0 Å². The van der Waals surface area contributed by atoms with Gasteiger partial charge in [-0.1, -0.05) is 15.9 Å². The molecule has 0 radical (unpaired) electrons. The standard InChI is InChI=1S/C15H13BrF2OS/c16-15-6-3-12(18)7-10(15)8-13(19)9-20-14-4-1-11(17)2-5-14/h1-7,13,19H,8-9H2. The van der Waals surface area contributed by atoms with Crippen molar-refractivity contribution >= 4 is 27.7 Å². The summed E-state index contributed by atoms with van der Waals surface area (Å²) in [7, 11) is 0. The summed E-state index contributed by atoms with van der Waals surface area (Å²) < 4.78 is 26.7. The van der Waals surface area contributed by atoms with E-state index in [4.69, 9.17) is 0 Å². The van der Waals surface area contributed by atoms with E-state index in [1.807, 2.05) is 0 Å². The van der Waals surface area contributed by atoms with Crippen LogP contribution in [0.2, 0.25) is 0 Å². The van der Waals surface area contributed by atoms with Gasteiger partial charge in [0.05, 0.1) is 6.10 Å². The second kappa shape index (κ2) is 7.20. The van der Waals surface area contributed by atoms with E-state index < -0.39 is 6.10 Å². The fourth-order valence-corrected chi connectivity index (χ4v) is 2.98. The smallest absolute Gasteiger partial charge is 0.123 e. The van der Waals surface area contributed by atoms with Crippen LogP contribution in [0.5, 0.6) is 0 Å². The first-order valence-electron chi connectivity index (χ1n) is 6.05. The fourth-order valence-electron chi connectivity index (χ4n) is 1.74. The Morgan fingerprint density at radius 2 is 1.70 bits per heavy atom. The summed E-state index contributed by atoms with van der Waals surface area (Å²) in [5.41, 5.74) is 0.734. The summed E-state index contributed by atoms with van der Waals surface area (Å²) in [5, 5.41) is 10.00. The zero-order valence-corrected chi connectivity index (χ0v) is 12.9. The normalized spacial score (nSPS) is 12.4. The number of hydrogen-bond acceptors (Lipinski definition) is 2. The Hall–Kier alpha value is -0.910. The highest BCUT2D eigenvalue weighted by Gasteiger charge is 2.10. The average Bonchev–Trinajstić information content (AvgIpc) is 2.42. The van der Waals surface area contributed by atoms with Crippen LogP contribution in [0.25, 0.3) is 0 Å². The number of thioether (sulfide) groups is 1. The van der Waals surface area contributed by atoms with Crippen molar-refractivity contribution < 1.29 is 13.9 Å². The predicted molar refractivity (Wildman–Crippen MR) is 80.9 cm³/mol. The highest BCUT2D eigenvalue weighted by Crippen LogP contribution is 2.23. The SMILES string of the molecule is OC(CSc1ccc(F)cc1)Cc1cc(F)ccc1Br. The molecule has 0 aliphatic carbocycles. The van der Waals surface area contributed by atoms with E-state index in [9.17, 15) is 13.9 Å². The molecule has 2 rings (SSSR count). The highest BCUT2D eigenvalue weighted by atomic mass is 79.9. The molecule has 0 aliphatic heterocycles. The molecule has 0 saturated carbocycles. The van der Waals surface area contributed by atoms with Crippen LogP contribution in [0.15, 0.2) is 51.8 Å². The van der Waals surface area contributed by atoms with E-state index in [-0.39, 0.29) is 11.6 Å². The topological polar surface area (TPSA) is 20.2 Å². The Bertz CT molecular complexity index is 575. The Morgan fingerprint density at radius 1 is 1.05 bits per heavy atom. The Labute approximate surface area is 129 Å². The van der Waals surface area contributed by atoms with Crippen LogP contribution in [0.4, 0.5) is 8.78 Å². The van der Waals surface area contributed by atoms with Gasteiger partial charge in [-0.3, -0.25) is 0 Å². The first-order valence-corrected chi connectivity index (χ1v) is 7.83. The maximum Gasteiger partial charge on any atom is 0.123 e. The minimum absolute atomic E-state index is 0.279. The number of halogens is 3. The lowest BCUT2D eigenvalue weighted by molar-refractivity contribution is 0.200. The van der Waals surface area contributed by atoms with Crippen molar-refractivity contribution in [2.24, 2.45) is 0 Å². The average molecular weight is 359 g/mol. The second-order valence-corrected chi connectivity index (χ2v) is 6.31. The summed E-state index contributed by atoms with van der Waals surface area (Å²) in [4.78, 5) is 0.892. The molecule has 0 aromatic heterocycles. The third-order valence-electron chi connectivity index (χ3n) is 2.72. The summed E-state index contributed by atoms with van der Waals surface area (Å²) in [6.45, 7) is 0. The molecule has 0 heterocycles. The highest BCUT2D eigenvalue weighted by molar-refractivity contribution is 9.10. The summed E-state index contributed by atoms with van der Waals surface area (Å²) >= 11 is 4.78. The quantitative estimate of drug-likeness (QED) is 0.798. The van der Waals surface area contributed by atoms with Crippen molar-refractivity contribution in [2.75, 3.05) is 5.75 Å². The molecule has 2 aromatic rings. The number of hydrogen-bond donors (Lipinski definition) is 1. The van der Waals surface area contributed by atoms with Crippen LogP contribution in [0.3, 0.4) is 0 Å². The van der Waals surface area contributed by atoms with Crippen LogP contribution >= 0.6 is 27.7 Å². The van der Waals surface area contributed by atoms with Crippen molar-refractivity contribution in [3.63, 3.8) is 0 Å². The largest absolute Gasteiger partial charge is 0.392 e. The minimum atomic E-state index is -0.594. The van der Waals surface area contributed by atoms with Crippen LogP contribution in [-0.2, 0) is 6.42 Å². The lowest BCUT2D eigenvalue weighted by atomic mass is 10.1. The molecular weight excluding hydrogens is 346 g/mol. The fraction of sp³-hybridized carbons (Fsp3) is 0.200. The molecule has 0 saturated heterocycles. The van der Waals surface area contributed by atoms with E-state index in [2.05, 4.69) is 15.9 Å². The Kier molecular flexibility index (Phi) is 5.57. The predicted octanol–water partition coefficient (Wildman–Crippen LogP) is 4.42. The molecule has 1 unspecified atom stereocenters. The van der Waals surface area contributed by atoms with E-state index in [0.717, 1.165) is 14.9 Å². The van der Waals surface area contributed by atoms with Gasteiger partial charge < -0.3 is 5.11 Å². The minimum Gasteiger partial charge on any atom is -0.392 e. The van der Waals surface area contributed by atoms with Gasteiger partial charge in [0.1, 0.15) is 11.6 Å². The van der Waals surface area contributed by atoms with Crippen molar-refractivity contribution in [2.45, 2.75) is 17.4 Å². The van der Waals surface area contributed by atoms with Gasteiger partial charge in [0.2, 0.25) is 0 Å². The van der Waals surface area contributed by atoms with Crippen molar-refractivity contribution in [3.8, 4) is 0 Å². The van der Waals surface area contributed by atoms with Gasteiger partial charge in [-0.25, -0.2) is 8.78 Å². The molecule has 0 aliphatic rings. The molecular formula is C15H13BrF2OS. The lowest BCUT2D eigenvalue weighted by Crippen LogP contribution is -2.14. The molecule has 0 bridgehead atoms. The van der Waals surface area contributed by atoms with Gasteiger partial charge in [-0.05, 0) is 48.0 Å². The molecule has 1 atom stereocenters. The lowest BCUT2D eigenvalue weighted by Gasteiger charge is -2.12. The maximum absolute atomic E-state index is 13.1. The summed E-state index contributed by atoms with van der Waals surface area (Å²) in [6.07, 6.45) is -0.227. The summed E-state index contributed by atoms with van der Waals surface area (Å²) in [5.74, 6) is -0.130.